The van der Waals surface area contributed by atoms with E-state index in [1.807, 2.05) is 13.0 Å². The summed E-state index contributed by atoms with van der Waals surface area (Å²) >= 11 is 0. The van der Waals surface area contributed by atoms with E-state index in [0.29, 0.717) is 11.3 Å². The minimum Gasteiger partial charge on any atom is -0.326 e. The van der Waals surface area contributed by atoms with Gasteiger partial charge in [0, 0.05) is 18.7 Å². The highest BCUT2D eigenvalue weighted by molar-refractivity contribution is 7.89. The maximum Gasteiger partial charge on any atom is 0.240 e. The molecule has 146 valence electrons. The first-order valence-corrected chi connectivity index (χ1v) is 10.2. The van der Waals surface area contributed by atoms with Gasteiger partial charge in [-0.2, -0.15) is 5.10 Å². The van der Waals surface area contributed by atoms with E-state index in [9.17, 15) is 13.2 Å². The third-order valence-corrected chi connectivity index (χ3v) is 5.71. The number of benzene rings is 2. The van der Waals surface area contributed by atoms with Gasteiger partial charge >= 0.3 is 0 Å². The molecule has 0 aliphatic rings. The van der Waals surface area contributed by atoms with E-state index >= 15 is 0 Å². The summed E-state index contributed by atoms with van der Waals surface area (Å²) in [5.41, 5.74) is 2.95. The molecule has 0 atom stereocenters. The number of anilines is 1. The fourth-order valence-electron chi connectivity index (χ4n) is 2.64. The van der Waals surface area contributed by atoms with Crippen LogP contribution in [0, 0.1) is 13.8 Å². The lowest BCUT2D eigenvalue weighted by Gasteiger charge is -2.10. The molecule has 0 spiro atoms. The van der Waals surface area contributed by atoms with E-state index < -0.39 is 10.0 Å². The van der Waals surface area contributed by atoms with Crippen LogP contribution < -0.4 is 10.0 Å². The first kappa shape index (κ1) is 19.7. The van der Waals surface area contributed by atoms with Crippen LogP contribution in [0.25, 0.3) is 5.69 Å². The molecule has 0 unspecified atom stereocenters. The van der Waals surface area contributed by atoms with Gasteiger partial charge in [0.05, 0.1) is 10.6 Å². The highest BCUT2D eigenvalue weighted by Gasteiger charge is 2.17. The molecular weight excluding hydrogens is 378 g/mol. The minimum atomic E-state index is -3.66. The molecule has 0 aliphatic carbocycles. The molecule has 9 heteroatoms. The Kier molecular flexibility index (Phi) is 5.86. The van der Waals surface area contributed by atoms with Crippen LogP contribution in [0.5, 0.6) is 0 Å². The van der Waals surface area contributed by atoms with E-state index in [2.05, 4.69) is 20.1 Å². The Hall–Kier alpha value is -3.04. The number of carbonyl (C=O) groups excluding carboxylic acids is 1. The Morgan fingerprint density at radius 1 is 1.11 bits per heavy atom. The van der Waals surface area contributed by atoms with Crippen molar-refractivity contribution >= 4 is 21.6 Å². The minimum absolute atomic E-state index is 0.0125. The molecule has 0 fully saturated rings. The summed E-state index contributed by atoms with van der Waals surface area (Å²) in [7, 11) is -3.66. The van der Waals surface area contributed by atoms with Crippen LogP contribution in [0.4, 0.5) is 5.69 Å². The van der Waals surface area contributed by atoms with Crippen molar-refractivity contribution < 1.29 is 13.2 Å². The number of aryl methyl sites for hydroxylation is 2. The van der Waals surface area contributed by atoms with Gasteiger partial charge in [-0.05, 0) is 55.3 Å². The van der Waals surface area contributed by atoms with Gasteiger partial charge in [-0.15, -0.1) is 0 Å². The predicted octanol–water partition coefficient (Wildman–Crippen LogP) is 2.19. The zero-order valence-electron chi connectivity index (χ0n) is 15.6. The first-order chi connectivity index (χ1) is 13.3. The molecule has 2 aromatic carbocycles. The normalized spacial score (nSPS) is 11.4. The van der Waals surface area contributed by atoms with Crippen molar-refractivity contribution in [1.29, 1.82) is 0 Å². The zero-order valence-corrected chi connectivity index (χ0v) is 16.4. The maximum atomic E-state index is 12.4. The summed E-state index contributed by atoms with van der Waals surface area (Å²) in [6, 6.07) is 12.3. The number of nitrogens with one attached hydrogen (secondary N) is 2. The predicted molar refractivity (Wildman–Crippen MR) is 106 cm³/mol. The molecule has 28 heavy (non-hydrogen) atoms. The summed E-state index contributed by atoms with van der Waals surface area (Å²) in [5.74, 6) is -0.280. The molecule has 3 aromatic rings. The van der Waals surface area contributed by atoms with E-state index in [0.717, 1.165) is 11.3 Å². The number of carbonyl (C=O) groups is 1. The Morgan fingerprint density at radius 2 is 1.86 bits per heavy atom. The number of aromatic nitrogens is 3. The lowest BCUT2D eigenvalue weighted by Crippen LogP contribution is -2.28. The topological polar surface area (TPSA) is 106 Å². The van der Waals surface area contributed by atoms with Crippen LogP contribution >= 0.6 is 0 Å². The summed E-state index contributed by atoms with van der Waals surface area (Å²) in [4.78, 5) is 16.2. The fourth-order valence-corrected chi connectivity index (χ4v) is 4.00. The second kappa shape index (κ2) is 8.32. The monoisotopic (exact) mass is 399 g/mol. The van der Waals surface area contributed by atoms with Crippen molar-refractivity contribution in [2.45, 2.75) is 25.2 Å². The fraction of sp³-hybridized carbons (Fsp3) is 0.211. The smallest absolute Gasteiger partial charge is 0.240 e. The number of rotatable bonds is 7. The van der Waals surface area contributed by atoms with Gasteiger partial charge in [0.15, 0.2) is 0 Å². The van der Waals surface area contributed by atoms with Crippen LogP contribution in [-0.4, -0.2) is 35.6 Å². The van der Waals surface area contributed by atoms with Crippen LogP contribution in [0.1, 0.15) is 17.5 Å². The van der Waals surface area contributed by atoms with E-state index in [-0.39, 0.29) is 23.8 Å². The van der Waals surface area contributed by atoms with Crippen molar-refractivity contribution in [2.75, 3.05) is 11.9 Å². The highest BCUT2D eigenvalue weighted by atomic mass is 32.2. The molecule has 0 saturated carbocycles. The first-order valence-electron chi connectivity index (χ1n) is 8.67. The van der Waals surface area contributed by atoms with Gasteiger partial charge in [0.25, 0.3) is 0 Å². The quantitative estimate of drug-likeness (QED) is 0.633. The van der Waals surface area contributed by atoms with Gasteiger partial charge < -0.3 is 5.32 Å². The third-order valence-electron chi connectivity index (χ3n) is 4.11. The SMILES string of the molecule is Cc1ccc(C)c(S(=O)(=O)NCCC(=O)Nc2ccc(-n3cncn3)cc2)c1. The van der Waals surface area contributed by atoms with Crippen molar-refractivity contribution in [2.24, 2.45) is 0 Å². The average Bonchev–Trinajstić information content (AvgIpc) is 3.19. The summed E-state index contributed by atoms with van der Waals surface area (Å²) in [6.45, 7) is 3.59. The van der Waals surface area contributed by atoms with E-state index in [1.165, 1.54) is 6.33 Å². The van der Waals surface area contributed by atoms with E-state index in [1.54, 1.807) is 54.3 Å². The summed E-state index contributed by atoms with van der Waals surface area (Å²) in [5, 5.41) is 6.77. The number of amides is 1. The number of hydrogen-bond donors (Lipinski definition) is 2. The molecule has 0 aliphatic heterocycles. The van der Waals surface area contributed by atoms with E-state index in [4.69, 9.17) is 0 Å². The lowest BCUT2D eigenvalue weighted by atomic mass is 10.2. The largest absolute Gasteiger partial charge is 0.326 e. The van der Waals surface area contributed by atoms with Crippen LogP contribution in [-0.2, 0) is 14.8 Å². The maximum absolute atomic E-state index is 12.4. The Bertz CT molecular complexity index is 1060. The van der Waals surface area contributed by atoms with Gasteiger partial charge in [-0.3, -0.25) is 4.79 Å². The summed E-state index contributed by atoms with van der Waals surface area (Å²) < 4.78 is 29.0. The Labute approximate surface area is 163 Å². The highest BCUT2D eigenvalue weighted by Crippen LogP contribution is 2.16. The Morgan fingerprint density at radius 3 is 2.54 bits per heavy atom. The van der Waals surface area contributed by atoms with Gasteiger partial charge in [-0.1, -0.05) is 12.1 Å². The molecule has 0 saturated heterocycles. The average molecular weight is 399 g/mol. The summed E-state index contributed by atoms with van der Waals surface area (Å²) in [6.07, 6.45) is 3.04. The molecule has 2 N–H and O–H groups in total. The standard InChI is InChI=1S/C19H21N5O3S/c1-14-3-4-15(2)18(11-14)28(26,27)22-10-9-19(25)23-16-5-7-17(8-6-16)24-13-20-12-21-24/h3-8,11-13,22H,9-10H2,1-2H3,(H,23,25). The van der Waals surface area contributed by atoms with Crippen LogP contribution in [0.2, 0.25) is 0 Å². The number of sulfonamides is 1. The second-order valence-corrected chi connectivity index (χ2v) is 8.09. The molecule has 3 rings (SSSR count). The van der Waals surface area contributed by atoms with Gasteiger partial charge in [-0.25, -0.2) is 22.8 Å². The van der Waals surface area contributed by atoms with Crippen molar-refractivity contribution in [1.82, 2.24) is 19.5 Å². The van der Waals surface area contributed by atoms with Crippen molar-refractivity contribution in [3.8, 4) is 5.69 Å². The lowest BCUT2D eigenvalue weighted by molar-refractivity contribution is -0.116. The molecular formula is C19H21N5O3S. The number of hydrogen-bond acceptors (Lipinski definition) is 5. The van der Waals surface area contributed by atoms with Crippen molar-refractivity contribution in [3.63, 3.8) is 0 Å². The van der Waals surface area contributed by atoms with Crippen LogP contribution in [0.3, 0.4) is 0 Å². The molecule has 0 radical (unpaired) electrons. The van der Waals surface area contributed by atoms with Gasteiger partial charge in [0.2, 0.25) is 15.9 Å². The van der Waals surface area contributed by atoms with Crippen molar-refractivity contribution in [3.05, 3.63) is 66.2 Å². The zero-order chi connectivity index (χ0) is 20.1. The Balaban J connectivity index is 1.53. The van der Waals surface area contributed by atoms with Gasteiger partial charge in [0.1, 0.15) is 12.7 Å². The second-order valence-electron chi connectivity index (χ2n) is 6.35. The molecule has 8 nitrogen and oxygen atoms in total. The molecule has 1 heterocycles. The molecule has 0 bridgehead atoms. The molecule has 1 aromatic heterocycles. The third kappa shape index (κ3) is 4.81. The van der Waals surface area contributed by atoms with Crippen LogP contribution in [0.15, 0.2) is 60.0 Å². The number of nitrogens with zero attached hydrogens (tertiary/aromatic N) is 3. The molecule has 1 amide bonds.